The van der Waals surface area contributed by atoms with Gasteiger partial charge in [0.2, 0.25) is 0 Å². The number of halogens is 1. The molecule has 0 heterocycles. The van der Waals surface area contributed by atoms with Crippen molar-refractivity contribution >= 4 is 11.6 Å². The molecule has 0 aliphatic rings. The molecule has 1 N–H and O–H groups in total. The van der Waals surface area contributed by atoms with Gasteiger partial charge in [-0.3, -0.25) is 0 Å². The van der Waals surface area contributed by atoms with Gasteiger partial charge >= 0.3 is 0 Å². The summed E-state index contributed by atoms with van der Waals surface area (Å²) in [6, 6.07) is 26.7. The lowest BCUT2D eigenvalue weighted by Gasteiger charge is -2.14. The zero-order valence-corrected chi connectivity index (χ0v) is 15.0. The van der Waals surface area contributed by atoms with Gasteiger partial charge in [-0.05, 0) is 47.9 Å². The summed E-state index contributed by atoms with van der Waals surface area (Å²) in [5, 5.41) is 4.29. The van der Waals surface area contributed by atoms with Crippen molar-refractivity contribution in [3.05, 3.63) is 101 Å². The second-order valence-electron chi connectivity index (χ2n) is 6.07. The van der Waals surface area contributed by atoms with Gasteiger partial charge in [-0.2, -0.15) is 0 Å². The van der Waals surface area contributed by atoms with Crippen LogP contribution in [-0.4, -0.2) is 0 Å². The van der Waals surface area contributed by atoms with E-state index in [1.807, 2.05) is 42.5 Å². The molecule has 3 aromatic carbocycles. The molecular formula is C22H22ClNO. The zero-order valence-electron chi connectivity index (χ0n) is 14.3. The highest BCUT2D eigenvalue weighted by molar-refractivity contribution is 6.30. The molecule has 0 saturated carbocycles. The molecule has 3 rings (SSSR count). The van der Waals surface area contributed by atoms with Crippen molar-refractivity contribution in [1.82, 2.24) is 5.32 Å². The van der Waals surface area contributed by atoms with Gasteiger partial charge < -0.3 is 10.1 Å². The van der Waals surface area contributed by atoms with Crippen LogP contribution in [0.4, 0.5) is 0 Å². The molecule has 0 amide bonds. The number of rotatable bonds is 7. The van der Waals surface area contributed by atoms with Crippen LogP contribution < -0.4 is 10.1 Å². The molecule has 128 valence electrons. The van der Waals surface area contributed by atoms with Crippen LogP contribution >= 0.6 is 11.6 Å². The van der Waals surface area contributed by atoms with E-state index >= 15 is 0 Å². The van der Waals surface area contributed by atoms with Crippen LogP contribution in [0.5, 0.6) is 5.75 Å². The van der Waals surface area contributed by atoms with Crippen LogP contribution in [0.1, 0.15) is 29.7 Å². The Hall–Kier alpha value is -2.29. The van der Waals surface area contributed by atoms with Crippen LogP contribution in [0, 0.1) is 0 Å². The SMILES string of the molecule is CC(NCc1ccc(OCc2ccc(Cl)cc2)cc1)c1ccccc1. The third-order valence-corrected chi connectivity index (χ3v) is 4.41. The van der Waals surface area contributed by atoms with Gasteiger partial charge in [0.25, 0.3) is 0 Å². The minimum absolute atomic E-state index is 0.321. The lowest BCUT2D eigenvalue weighted by molar-refractivity contribution is 0.306. The molecule has 2 nitrogen and oxygen atoms in total. The van der Waals surface area contributed by atoms with Gasteiger partial charge in [0, 0.05) is 17.6 Å². The van der Waals surface area contributed by atoms with Crippen LogP contribution in [0.2, 0.25) is 5.02 Å². The molecule has 0 bridgehead atoms. The molecule has 0 aliphatic heterocycles. The van der Waals surface area contributed by atoms with E-state index in [0.29, 0.717) is 12.6 Å². The summed E-state index contributed by atoms with van der Waals surface area (Å²) in [7, 11) is 0. The van der Waals surface area contributed by atoms with E-state index in [-0.39, 0.29) is 0 Å². The fraction of sp³-hybridized carbons (Fsp3) is 0.182. The van der Waals surface area contributed by atoms with E-state index < -0.39 is 0 Å². The molecule has 0 saturated heterocycles. The maximum Gasteiger partial charge on any atom is 0.119 e. The van der Waals surface area contributed by atoms with E-state index in [4.69, 9.17) is 16.3 Å². The highest BCUT2D eigenvalue weighted by Gasteiger charge is 2.04. The Balaban J connectivity index is 1.49. The minimum Gasteiger partial charge on any atom is -0.489 e. The van der Waals surface area contributed by atoms with Gasteiger partial charge in [0.15, 0.2) is 0 Å². The summed E-state index contributed by atoms with van der Waals surface area (Å²) in [5.41, 5.74) is 3.64. The summed E-state index contributed by atoms with van der Waals surface area (Å²) >= 11 is 5.89. The Morgan fingerprint density at radius 3 is 2.16 bits per heavy atom. The molecule has 3 aromatic rings. The van der Waals surface area contributed by atoms with Gasteiger partial charge in [-0.15, -0.1) is 0 Å². The van der Waals surface area contributed by atoms with E-state index in [1.54, 1.807) is 0 Å². The Morgan fingerprint density at radius 1 is 0.840 bits per heavy atom. The van der Waals surface area contributed by atoms with Crippen LogP contribution in [0.3, 0.4) is 0 Å². The number of benzene rings is 3. The quantitative estimate of drug-likeness (QED) is 0.583. The summed E-state index contributed by atoms with van der Waals surface area (Å²) in [4.78, 5) is 0. The summed E-state index contributed by atoms with van der Waals surface area (Å²) < 4.78 is 5.82. The summed E-state index contributed by atoms with van der Waals surface area (Å²) in [5.74, 6) is 0.870. The van der Waals surface area contributed by atoms with Crippen molar-refractivity contribution < 1.29 is 4.74 Å². The third kappa shape index (κ3) is 5.35. The van der Waals surface area contributed by atoms with Crippen molar-refractivity contribution in [3.63, 3.8) is 0 Å². The molecular weight excluding hydrogens is 330 g/mol. The lowest BCUT2D eigenvalue weighted by Crippen LogP contribution is -2.17. The van der Waals surface area contributed by atoms with Gasteiger partial charge in [-0.1, -0.05) is 66.2 Å². The highest BCUT2D eigenvalue weighted by Crippen LogP contribution is 2.17. The first-order chi connectivity index (χ1) is 12.2. The second-order valence-corrected chi connectivity index (χ2v) is 6.51. The predicted octanol–water partition coefficient (Wildman–Crippen LogP) is 5.77. The van der Waals surface area contributed by atoms with Gasteiger partial charge in [0.1, 0.15) is 12.4 Å². The maximum absolute atomic E-state index is 5.89. The number of nitrogens with one attached hydrogen (secondary N) is 1. The minimum atomic E-state index is 0.321. The fourth-order valence-corrected chi connectivity index (χ4v) is 2.71. The molecule has 25 heavy (non-hydrogen) atoms. The molecule has 0 radical (unpaired) electrons. The maximum atomic E-state index is 5.89. The van der Waals surface area contributed by atoms with Crippen molar-refractivity contribution in [2.24, 2.45) is 0 Å². The van der Waals surface area contributed by atoms with Crippen molar-refractivity contribution in [2.75, 3.05) is 0 Å². The Kier molecular flexibility index (Phi) is 6.10. The molecule has 1 unspecified atom stereocenters. The van der Waals surface area contributed by atoms with Gasteiger partial charge in [0.05, 0.1) is 0 Å². The Bertz CT molecular complexity index is 769. The van der Waals surface area contributed by atoms with E-state index in [9.17, 15) is 0 Å². The monoisotopic (exact) mass is 351 g/mol. The first-order valence-electron chi connectivity index (χ1n) is 8.45. The molecule has 0 aromatic heterocycles. The van der Waals surface area contributed by atoms with E-state index in [0.717, 1.165) is 22.9 Å². The number of hydrogen-bond acceptors (Lipinski definition) is 2. The Morgan fingerprint density at radius 2 is 1.48 bits per heavy atom. The first kappa shape index (κ1) is 17.5. The molecule has 0 aliphatic carbocycles. The second kappa shape index (κ2) is 8.70. The topological polar surface area (TPSA) is 21.3 Å². The Labute approximate surface area is 154 Å². The van der Waals surface area contributed by atoms with E-state index in [1.165, 1.54) is 11.1 Å². The summed E-state index contributed by atoms with van der Waals surface area (Å²) in [6.45, 7) is 3.55. The molecule has 0 fully saturated rings. The van der Waals surface area contributed by atoms with Crippen LogP contribution in [0.15, 0.2) is 78.9 Å². The average Bonchev–Trinajstić information content (AvgIpc) is 2.67. The number of hydrogen-bond donors (Lipinski definition) is 1. The normalized spacial score (nSPS) is 11.9. The van der Waals surface area contributed by atoms with Crippen molar-refractivity contribution in [1.29, 1.82) is 0 Å². The smallest absolute Gasteiger partial charge is 0.119 e. The first-order valence-corrected chi connectivity index (χ1v) is 8.83. The molecule has 0 spiro atoms. The van der Waals surface area contributed by atoms with Crippen LogP contribution in [-0.2, 0) is 13.2 Å². The largest absolute Gasteiger partial charge is 0.489 e. The third-order valence-electron chi connectivity index (χ3n) is 4.15. The standard InChI is InChI=1S/C22H22ClNO/c1-17(20-5-3-2-4-6-20)24-15-18-9-13-22(14-10-18)25-16-19-7-11-21(23)12-8-19/h2-14,17,24H,15-16H2,1H3. The fourth-order valence-electron chi connectivity index (χ4n) is 2.58. The zero-order chi connectivity index (χ0) is 17.5. The van der Waals surface area contributed by atoms with Crippen LogP contribution in [0.25, 0.3) is 0 Å². The summed E-state index contributed by atoms with van der Waals surface area (Å²) in [6.07, 6.45) is 0. The molecule has 1 atom stereocenters. The average molecular weight is 352 g/mol. The predicted molar refractivity (Wildman–Crippen MR) is 104 cm³/mol. The van der Waals surface area contributed by atoms with Gasteiger partial charge in [-0.25, -0.2) is 0 Å². The van der Waals surface area contributed by atoms with Crippen molar-refractivity contribution in [3.8, 4) is 5.75 Å². The highest BCUT2D eigenvalue weighted by atomic mass is 35.5. The molecule has 3 heteroatoms. The lowest BCUT2D eigenvalue weighted by atomic mass is 10.1. The van der Waals surface area contributed by atoms with E-state index in [2.05, 4.69) is 48.6 Å². The van der Waals surface area contributed by atoms with Crippen molar-refractivity contribution in [2.45, 2.75) is 26.1 Å². The number of ether oxygens (including phenoxy) is 1.